The molecule has 0 aromatic carbocycles. The Morgan fingerprint density at radius 3 is 3.00 bits per heavy atom. The number of likely N-dealkylation sites (N-methyl/N-ethyl adjacent to an activating group) is 1. The molecule has 96 valence electrons. The number of hydrogen-bond donors (Lipinski definition) is 2. The first-order valence-corrected chi connectivity index (χ1v) is 6.07. The fraction of sp³-hybridized carbons (Fsp3) is 0.615. The third-order valence-corrected chi connectivity index (χ3v) is 3.09. The molecule has 1 aliphatic heterocycles. The van der Waals surface area contributed by atoms with Crippen LogP contribution in [-0.2, 0) is 4.79 Å². The van der Waals surface area contributed by atoms with Gasteiger partial charge < -0.3 is 15.5 Å². The van der Waals surface area contributed by atoms with E-state index in [1.807, 2.05) is 14.0 Å². The molecule has 17 heavy (non-hydrogen) atoms. The van der Waals surface area contributed by atoms with Gasteiger partial charge in [0.25, 0.3) is 0 Å². The highest BCUT2D eigenvalue weighted by Crippen LogP contribution is 2.22. The molecule has 2 N–H and O–H groups in total. The van der Waals surface area contributed by atoms with Crippen LogP contribution in [0.2, 0.25) is 0 Å². The van der Waals surface area contributed by atoms with E-state index in [0.29, 0.717) is 12.5 Å². The van der Waals surface area contributed by atoms with Gasteiger partial charge in [0.15, 0.2) is 0 Å². The second-order valence-electron chi connectivity index (χ2n) is 4.74. The van der Waals surface area contributed by atoms with Crippen molar-refractivity contribution < 1.29 is 4.79 Å². The van der Waals surface area contributed by atoms with Crippen molar-refractivity contribution in [2.45, 2.75) is 25.8 Å². The number of nitrogens with zero attached hydrogens (tertiary/aromatic N) is 1. The highest BCUT2D eigenvalue weighted by Gasteiger charge is 2.21. The molecule has 1 aliphatic rings. The summed E-state index contributed by atoms with van der Waals surface area (Å²) in [6.45, 7) is 11.0. The predicted molar refractivity (Wildman–Crippen MR) is 70.3 cm³/mol. The number of hydrogen-bond acceptors (Lipinski definition) is 3. The fourth-order valence-corrected chi connectivity index (χ4v) is 2.08. The van der Waals surface area contributed by atoms with Crippen molar-refractivity contribution in [1.29, 1.82) is 0 Å². The molecule has 1 heterocycles. The van der Waals surface area contributed by atoms with E-state index in [0.717, 1.165) is 25.1 Å². The molecular formula is C13H23N3O. The standard InChI is InChI=1S/C13H23N3O/c1-5-16(4)9-13(17)15-10(2)8-12-6-7-14-11(12)3/h5,10,12,14H,1,3,6-9H2,2,4H3,(H,15,17). The van der Waals surface area contributed by atoms with Gasteiger partial charge in [-0.2, -0.15) is 0 Å². The normalized spacial score (nSPS) is 20.6. The van der Waals surface area contributed by atoms with Gasteiger partial charge in [0.05, 0.1) is 6.54 Å². The SMILES string of the molecule is C=CN(C)CC(=O)NC(C)CC1CCNC1=C. The Labute approximate surface area is 104 Å². The summed E-state index contributed by atoms with van der Waals surface area (Å²) in [5, 5.41) is 6.24. The van der Waals surface area contributed by atoms with Gasteiger partial charge in [0.2, 0.25) is 5.91 Å². The van der Waals surface area contributed by atoms with Crippen molar-refractivity contribution in [3.8, 4) is 0 Å². The Kier molecular flexibility index (Phi) is 5.07. The first-order valence-electron chi connectivity index (χ1n) is 6.07. The molecule has 0 spiro atoms. The molecule has 0 radical (unpaired) electrons. The summed E-state index contributed by atoms with van der Waals surface area (Å²) >= 11 is 0. The highest BCUT2D eigenvalue weighted by molar-refractivity contribution is 5.78. The maximum atomic E-state index is 11.6. The summed E-state index contributed by atoms with van der Waals surface area (Å²) in [7, 11) is 1.83. The minimum atomic E-state index is 0.0384. The summed E-state index contributed by atoms with van der Waals surface area (Å²) in [5.74, 6) is 0.527. The molecule has 0 aromatic rings. The Hall–Kier alpha value is -1.45. The minimum Gasteiger partial charge on any atom is -0.389 e. The van der Waals surface area contributed by atoms with E-state index in [1.165, 1.54) is 0 Å². The second kappa shape index (κ2) is 6.33. The number of amides is 1. The number of carbonyl (C=O) groups is 1. The van der Waals surface area contributed by atoms with Gasteiger partial charge in [-0.1, -0.05) is 13.2 Å². The number of carbonyl (C=O) groups excluding carboxylic acids is 1. The largest absolute Gasteiger partial charge is 0.389 e. The van der Waals surface area contributed by atoms with Gasteiger partial charge >= 0.3 is 0 Å². The average Bonchev–Trinajstić information content (AvgIpc) is 2.63. The number of rotatable bonds is 6. The predicted octanol–water partition coefficient (Wildman–Crippen LogP) is 1.08. The summed E-state index contributed by atoms with van der Waals surface area (Å²) in [4.78, 5) is 13.4. The smallest absolute Gasteiger partial charge is 0.239 e. The van der Waals surface area contributed by atoms with Gasteiger partial charge in [-0.15, -0.1) is 0 Å². The van der Waals surface area contributed by atoms with Crippen LogP contribution in [0.25, 0.3) is 0 Å². The Balaban J connectivity index is 2.28. The van der Waals surface area contributed by atoms with Crippen LogP contribution in [0.1, 0.15) is 19.8 Å². The fourth-order valence-electron chi connectivity index (χ4n) is 2.08. The van der Waals surface area contributed by atoms with E-state index in [9.17, 15) is 4.79 Å². The summed E-state index contributed by atoms with van der Waals surface area (Å²) in [6, 6.07) is 0.183. The lowest BCUT2D eigenvalue weighted by Gasteiger charge is -2.20. The van der Waals surface area contributed by atoms with Crippen molar-refractivity contribution in [3.63, 3.8) is 0 Å². The Bertz CT molecular complexity index is 301. The van der Waals surface area contributed by atoms with Crippen LogP contribution >= 0.6 is 0 Å². The lowest BCUT2D eigenvalue weighted by atomic mass is 9.98. The van der Waals surface area contributed by atoms with Crippen LogP contribution in [0.15, 0.2) is 25.1 Å². The number of allylic oxidation sites excluding steroid dienone is 1. The van der Waals surface area contributed by atoms with Crippen molar-refractivity contribution in [3.05, 3.63) is 25.1 Å². The quantitative estimate of drug-likeness (QED) is 0.726. The van der Waals surface area contributed by atoms with E-state index < -0.39 is 0 Å². The van der Waals surface area contributed by atoms with Crippen molar-refractivity contribution in [1.82, 2.24) is 15.5 Å². The van der Waals surface area contributed by atoms with Gasteiger partial charge in [0.1, 0.15) is 0 Å². The highest BCUT2D eigenvalue weighted by atomic mass is 16.2. The van der Waals surface area contributed by atoms with E-state index >= 15 is 0 Å². The molecule has 2 unspecified atom stereocenters. The second-order valence-corrected chi connectivity index (χ2v) is 4.74. The van der Waals surface area contributed by atoms with Gasteiger partial charge in [-0.3, -0.25) is 4.79 Å². The van der Waals surface area contributed by atoms with Crippen LogP contribution in [0.4, 0.5) is 0 Å². The van der Waals surface area contributed by atoms with E-state index in [2.05, 4.69) is 23.8 Å². The lowest BCUT2D eigenvalue weighted by Crippen LogP contribution is -2.39. The molecule has 1 saturated heterocycles. The zero-order valence-corrected chi connectivity index (χ0v) is 10.8. The summed E-state index contributed by atoms with van der Waals surface area (Å²) < 4.78 is 0. The van der Waals surface area contributed by atoms with E-state index in [-0.39, 0.29) is 11.9 Å². The zero-order valence-electron chi connectivity index (χ0n) is 10.8. The molecule has 0 bridgehead atoms. The summed E-state index contributed by atoms with van der Waals surface area (Å²) in [5.41, 5.74) is 1.11. The molecule has 1 fully saturated rings. The van der Waals surface area contributed by atoms with E-state index in [1.54, 1.807) is 11.1 Å². The molecule has 1 amide bonds. The molecule has 0 saturated carbocycles. The monoisotopic (exact) mass is 237 g/mol. The van der Waals surface area contributed by atoms with Gasteiger partial charge in [-0.25, -0.2) is 0 Å². The van der Waals surface area contributed by atoms with Crippen LogP contribution in [0.3, 0.4) is 0 Å². The Morgan fingerprint density at radius 2 is 2.47 bits per heavy atom. The number of nitrogens with one attached hydrogen (secondary N) is 2. The zero-order chi connectivity index (χ0) is 12.8. The van der Waals surface area contributed by atoms with Crippen LogP contribution in [0, 0.1) is 5.92 Å². The Morgan fingerprint density at radius 1 is 1.76 bits per heavy atom. The minimum absolute atomic E-state index is 0.0384. The van der Waals surface area contributed by atoms with Gasteiger partial charge in [-0.05, 0) is 26.0 Å². The van der Waals surface area contributed by atoms with Crippen molar-refractivity contribution >= 4 is 5.91 Å². The topological polar surface area (TPSA) is 44.4 Å². The maximum Gasteiger partial charge on any atom is 0.239 e. The van der Waals surface area contributed by atoms with Crippen LogP contribution in [0.5, 0.6) is 0 Å². The maximum absolute atomic E-state index is 11.6. The molecule has 0 aliphatic carbocycles. The van der Waals surface area contributed by atoms with Crippen LogP contribution < -0.4 is 10.6 Å². The lowest BCUT2D eigenvalue weighted by molar-refractivity contribution is -0.122. The summed E-state index contributed by atoms with van der Waals surface area (Å²) in [6.07, 6.45) is 3.72. The van der Waals surface area contributed by atoms with Gasteiger partial charge in [0, 0.05) is 31.2 Å². The first kappa shape index (κ1) is 13.6. The van der Waals surface area contributed by atoms with Crippen molar-refractivity contribution in [2.24, 2.45) is 5.92 Å². The van der Waals surface area contributed by atoms with Crippen molar-refractivity contribution in [2.75, 3.05) is 20.1 Å². The molecular weight excluding hydrogens is 214 g/mol. The molecule has 1 rings (SSSR count). The van der Waals surface area contributed by atoms with E-state index in [4.69, 9.17) is 0 Å². The molecule has 4 heteroatoms. The third kappa shape index (κ3) is 4.51. The first-order chi connectivity index (χ1) is 8.02. The van der Waals surface area contributed by atoms with Crippen LogP contribution in [-0.4, -0.2) is 37.0 Å². The molecule has 2 atom stereocenters. The third-order valence-electron chi connectivity index (χ3n) is 3.09. The average molecular weight is 237 g/mol. The molecule has 0 aromatic heterocycles. The molecule has 4 nitrogen and oxygen atoms in total.